The van der Waals surface area contributed by atoms with Crippen molar-refractivity contribution in [2.75, 3.05) is 27.3 Å². The van der Waals surface area contributed by atoms with Crippen LogP contribution in [0.5, 0.6) is 5.75 Å². The Bertz CT molecular complexity index is 558. The fraction of sp³-hybridized carbons (Fsp3) is 0.385. The monoisotopic (exact) mass is 296 g/mol. The number of rotatable bonds is 6. The van der Waals surface area contributed by atoms with E-state index in [1.54, 1.807) is 6.92 Å². The van der Waals surface area contributed by atoms with Gasteiger partial charge < -0.3 is 14.4 Å². The summed E-state index contributed by atoms with van der Waals surface area (Å²) < 4.78 is 9.43. The van der Waals surface area contributed by atoms with Crippen molar-refractivity contribution >= 4 is 17.6 Å². The standard InChI is InChI=1S/C13H16N2O6/c1-4-14(8-12(16)21-3)13(17)9-5-6-10(15(18)19)11(7-9)20-2/h5-7H,4,8H2,1-3H3. The molecular weight excluding hydrogens is 280 g/mol. The maximum Gasteiger partial charge on any atom is 0.325 e. The summed E-state index contributed by atoms with van der Waals surface area (Å²) in [5, 5.41) is 10.8. The van der Waals surface area contributed by atoms with Crippen LogP contribution in [0.3, 0.4) is 0 Å². The normalized spacial score (nSPS) is 9.86. The Morgan fingerprint density at radius 3 is 2.48 bits per heavy atom. The highest BCUT2D eigenvalue weighted by Crippen LogP contribution is 2.27. The molecule has 0 heterocycles. The van der Waals surface area contributed by atoms with E-state index in [1.165, 1.54) is 37.3 Å². The number of amides is 1. The van der Waals surface area contributed by atoms with E-state index in [0.717, 1.165) is 0 Å². The SMILES string of the molecule is CCN(CC(=O)OC)C(=O)c1ccc([N+](=O)[O-])c(OC)c1. The predicted molar refractivity (Wildman–Crippen MR) is 73.2 cm³/mol. The van der Waals surface area contributed by atoms with E-state index in [0.29, 0.717) is 6.54 Å². The number of esters is 1. The number of likely N-dealkylation sites (N-methyl/N-ethyl adjacent to an activating group) is 1. The van der Waals surface area contributed by atoms with E-state index in [4.69, 9.17) is 4.74 Å². The number of nitrogens with zero attached hydrogens (tertiary/aromatic N) is 2. The molecule has 1 amide bonds. The third-order valence-corrected chi connectivity index (χ3v) is 2.84. The van der Waals surface area contributed by atoms with Gasteiger partial charge in [0, 0.05) is 24.2 Å². The number of nitro benzene ring substituents is 1. The predicted octanol–water partition coefficient (Wildman–Crippen LogP) is 1.24. The van der Waals surface area contributed by atoms with Crippen LogP contribution in [-0.4, -0.2) is 49.0 Å². The first-order valence-corrected chi connectivity index (χ1v) is 6.13. The second-order valence-corrected chi connectivity index (χ2v) is 4.04. The van der Waals surface area contributed by atoms with Crippen molar-refractivity contribution < 1.29 is 24.0 Å². The summed E-state index contributed by atoms with van der Waals surface area (Å²) in [6.45, 7) is 1.82. The Hall–Kier alpha value is -2.64. The highest BCUT2D eigenvalue weighted by Gasteiger charge is 2.21. The van der Waals surface area contributed by atoms with Crippen molar-refractivity contribution in [1.29, 1.82) is 0 Å². The van der Waals surface area contributed by atoms with E-state index in [2.05, 4.69) is 4.74 Å². The lowest BCUT2D eigenvalue weighted by atomic mass is 10.1. The largest absolute Gasteiger partial charge is 0.490 e. The summed E-state index contributed by atoms with van der Waals surface area (Å²) in [7, 11) is 2.51. The number of hydrogen-bond donors (Lipinski definition) is 0. The molecule has 0 unspecified atom stereocenters. The van der Waals surface area contributed by atoms with Crippen LogP contribution in [0.2, 0.25) is 0 Å². The third kappa shape index (κ3) is 3.91. The van der Waals surface area contributed by atoms with Crippen molar-refractivity contribution in [2.45, 2.75) is 6.92 Å². The second-order valence-electron chi connectivity index (χ2n) is 4.04. The topological polar surface area (TPSA) is 99.0 Å². The van der Waals surface area contributed by atoms with E-state index in [-0.39, 0.29) is 23.5 Å². The molecule has 0 aliphatic carbocycles. The highest BCUT2D eigenvalue weighted by atomic mass is 16.6. The van der Waals surface area contributed by atoms with E-state index in [9.17, 15) is 19.7 Å². The molecule has 114 valence electrons. The zero-order valence-corrected chi connectivity index (χ0v) is 12.0. The maximum absolute atomic E-state index is 12.3. The molecule has 0 saturated heterocycles. The Balaban J connectivity index is 3.06. The molecule has 0 bridgehead atoms. The van der Waals surface area contributed by atoms with Gasteiger partial charge in [-0.3, -0.25) is 19.7 Å². The van der Waals surface area contributed by atoms with Gasteiger partial charge >= 0.3 is 11.7 Å². The van der Waals surface area contributed by atoms with Crippen LogP contribution >= 0.6 is 0 Å². The summed E-state index contributed by atoms with van der Waals surface area (Å²) in [4.78, 5) is 35.0. The van der Waals surface area contributed by atoms with Crippen LogP contribution in [0.4, 0.5) is 5.69 Å². The van der Waals surface area contributed by atoms with E-state index >= 15 is 0 Å². The third-order valence-electron chi connectivity index (χ3n) is 2.84. The number of carbonyl (C=O) groups is 2. The molecular formula is C13H16N2O6. The van der Waals surface area contributed by atoms with Crippen LogP contribution < -0.4 is 4.74 Å². The average Bonchev–Trinajstić information content (AvgIpc) is 2.50. The molecule has 0 fully saturated rings. The zero-order chi connectivity index (χ0) is 16.0. The molecule has 0 radical (unpaired) electrons. The van der Waals surface area contributed by atoms with Gasteiger partial charge in [-0.25, -0.2) is 0 Å². The zero-order valence-electron chi connectivity index (χ0n) is 12.0. The molecule has 0 spiro atoms. The number of hydrogen-bond acceptors (Lipinski definition) is 6. The van der Waals surface area contributed by atoms with Crippen molar-refractivity contribution in [1.82, 2.24) is 4.90 Å². The van der Waals surface area contributed by atoms with Crippen molar-refractivity contribution in [3.8, 4) is 5.75 Å². The van der Waals surface area contributed by atoms with Gasteiger partial charge in [-0.1, -0.05) is 0 Å². The number of nitro groups is 1. The number of benzene rings is 1. The molecule has 0 aromatic heterocycles. The van der Waals surface area contributed by atoms with Crippen molar-refractivity contribution in [2.24, 2.45) is 0 Å². The number of carbonyl (C=O) groups excluding carboxylic acids is 2. The highest BCUT2D eigenvalue weighted by molar-refractivity contribution is 5.96. The summed E-state index contributed by atoms with van der Waals surface area (Å²) >= 11 is 0. The van der Waals surface area contributed by atoms with Gasteiger partial charge in [0.05, 0.1) is 19.1 Å². The first-order chi connectivity index (χ1) is 9.94. The minimum Gasteiger partial charge on any atom is -0.490 e. The lowest BCUT2D eigenvalue weighted by Gasteiger charge is -2.19. The molecule has 0 aliphatic rings. The van der Waals surface area contributed by atoms with Gasteiger partial charge in [0.2, 0.25) is 0 Å². The van der Waals surface area contributed by atoms with Gasteiger partial charge in [0.15, 0.2) is 5.75 Å². The summed E-state index contributed by atoms with van der Waals surface area (Å²) in [6, 6.07) is 3.79. The summed E-state index contributed by atoms with van der Waals surface area (Å²) in [6.07, 6.45) is 0. The fourth-order valence-electron chi connectivity index (χ4n) is 1.69. The number of methoxy groups -OCH3 is 2. The molecule has 8 nitrogen and oxygen atoms in total. The first kappa shape index (κ1) is 16.4. The molecule has 1 rings (SSSR count). The molecule has 21 heavy (non-hydrogen) atoms. The van der Waals surface area contributed by atoms with Crippen LogP contribution in [0.1, 0.15) is 17.3 Å². The minimum atomic E-state index is -0.598. The second kappa shape index (κ2) is 7.22. The van der Waals surface area contributed by atoms with Gasteiger partial charge in [0.25, 0.3) is 5.91 Å². The first-order valence-electron chi connectivity index (χ1n) is 6.13. The van der Waals surface area contributed by atoms with Gasteiger partial charge in [-0.2, -0.15) is 0 Å². The Labute approximate surface area is 121 Å². The van der Waals surface area contributed by atoms with Crippen LogP contribution in [0, 0.1) is 10.1 Å². The molecule has 0 saturated carbocycles. The molecule has 1 aromatic rings. The summed E-state index contributed by atoms with van der Waals surface area (Å²) in [5.41, 5.74) is -0.0340. The molecule has 0 atom stereocenters. The molecule has 1 aromatic carbocycles. The lowest BCUT2D eigenvalue weighted by molar-refractivity contribution is -0.385. The molecule has 0 N–H and O–H groups in total. The molecule has 0 aliphatic heterocycles. The van der Waals surface area contributed by atoms with Crippen molar-refractivity contribution in [3.63, 3.8) is 0 Å². The van der Waals surface area contributed by atoms with E-state index in [1.807, 2.05) is 0 Å². The maximum atomic E-state index is 12.3. The minimum absolute atomic E-state index is 0.0139. The molecule has 8 heteroatoms. The Morgan fingerprint density at radius 1 is 1.33 bits per heavy atom. The Morgan fingerprint density at radius 2 is 2.00 bits per heavy atom. The van der Waals surface area contributed by atoms with Crippen LogP contribution in [0.25, 0.3) is 0 Å². The van der Waals surface area contributed by atoms with Gasteiger partial charge in [-0.05, 0) is 13.0 Å². The fourth-order valence-corrected chi connectivity index (χ4v) is 1.69. The van der Waals surface area contributed by atoms with Gasteiger partial charge in [-0.15, -0.1) is 0 Å². The van der Waals surface area contributed by atoms with Crippen LogP contribution in [0.15, 0.2) is 18.2 Å². The van der Waals surface area contributed by atoms with E-state index < -0.39 is 16.8 Å². The van der Waals surface area contributed by atoms with Crippen LogP contribution in [-0.2, 0) is 9.53 Å². The quantitative estimate of drug-likeness (QED) is 0.445. The lowest BCUT2D eigenvalue weighted by Crippen LogP contribution is -2.36. The Kier molecular flexibility index (Phi) is 5.65. The number of ether oxygens (including phenoxy) is 2. The van der Waals surface area contributed by atoms with Gasteiger partial charge in [0.1, 0.15) is 6.54 Å². The average molecular weight is 296 g/mol. The smallest absolute Gasteiger partial charge is 0.325 e. The van der Waals surface area contributed by atoms with Crippen molar-refractivity contribution in [3.05, 3.63) is 33.9 Å². The summed E-state index contributed by atoms with van der Waals surface area (Å²) in [5.74, 6) is -0.991.